The van der Waals surface area contributed by atoms with Gasteiger partial charge in [0.15, 0.2) is 11.6 Å². The zero-order valence-corrected chi connectivity index (χ0v) is 18.6. The summed E-state index contributed by atoms with van der Waals surface area (Å²) in [7, 11) is 1.84. The molecule has 166 valence electrons. The average molecular weight is 454 g/mol. The summed E-state index contributed by atoms with van der Waals surface area (Å²) in [5.41, 5.74) is 2.15. The predicted octanol–water partition coefficient (Wildman–Crippen LogP) is 3.09. The van der Waals surface area contributed by atoms with Gasteiger partial charge in [-0.1, -0.05) is 6.07 Å². The number of aromatic hydroxyl groups is 1. The second kappa shape index (κ2) is 8.59. The Morgan fingerprint density at radius 2 is 2.00 bits per heavy atom. The van der Waals surface area contributed by atoms with Crippen LogP contribution in [0.1, 0.15) is 19.3 Å². The van der Waals surface area contributed by atoms with Gasteiger partial charge in [-0.15, -0.1) is 27.1 Å². The number of phenolic OH excluding ortho intramolecular Hbond substituents is 1. The van der Waals surface area contributed by atoms with Gasteiger partial charge in [0.25, 0.3) is 0 Å². The van der Waals surface area contributed by atoms with Crippen LogP contribution in [-0.2, 0) is 0 Å². The number of nitrogens with one attached hydrogen (secondary N) is 1. The van der Waals surface area contributed by atoms with E-state index in [0.717, 1.165) is 35.4 Å². The van der Waals surface area contributed by atoms with Crippen LogP contribution in [0.25, 0.3) is 22.5 Å². The van der Waals surface area contributed by atoms with E-state index in [1.165, 1.54) is 11.8 Å². The summed E-state index contributed by atoms with van der Waals surface area (Å²) in [5.74, 6) is 0.879. The lowest BCUT2D eigenvalue weighted by Gasteiger charge is -2.38. The van der Waals surface area contributed by atoms with Crippen molar-refractivity contribution in [3.63, 3.8) is 0 Å². The molecule has 2 N–H and O–H groups in total. The number of halogens is 1. The molecule has 0 radical (unpaired) electrons. The smallest absolute Gasteiger partial charge is 0.185 e. The Morgan fingerprint density at radius 3 is 2.75 bits per heavy atom. The molecule has 2 saturated heterocycles. The minimum Gasteiger partial charge on any atom is -0.507 e. The predicted molar refractivity (Wildman–Crippen MR) is 121 cm³/mol. The highest BCUT2D eigenvalue weighted by Crippen LogP contribution is 2.34. The quantitative estimate of drug-likeness (QED) is 0.565. The summed E-state index contributed by atoms with van der Waals surface area (Å²) >= 11 is 1.50. The van der Waals surface area contributed by atoms with Crippen LogP contribution in [0.5, 0.6) is 5.75 Å². The van der Waals surface area contributed by atoms with Gasteiger partial charge < -0.3 is 15.3 Å². The van der Waals surface area contributed by atoms with Gasteiger partial charge in [0.05, 0.1) is 24.0 Å². The first kappa shape index (κ1) is 21.0. The standard InChI is InChI=1S/C22H24FN7OS/c1-30(17-9-14-4-6-16(26-14)21(17)23)19-11-24-22(29-27-19)15-5-3-12(7-18(15)31)13-8-20(32-2)28-25-10-13/h3,5,7-8,10-11,14,16-17,21,26,31H,4,6,9H2,1-2H3/t14-,16+,17+,21-/m0/s1. The van der Waals surface area contributed by atoms with Crippen molar-refractivity contribution in [3.8, 4) is 28.3 Å². The van der Waals surface area contributed by atoms with Gasteiger partial charge in [-0.25, -0.2) is 9.37 Å². The number of benzene rings is 1. The van der Waals surface area contributed by atoms with Crippen molar-refractivity contribution < 1.29 is 9.50 Å². The molecule has 0 spiro atoms. The molecule has 0 unspecified atom stereocenters. The summed E-state index contributed by atoms with van der Waals surface area (Å²) in [6.07, 6.45) is 6.85. The fourth-order valence-corrected chi connectivity index (χ4v) is 4.95. The molecule has 1 aromatic carbocycles. The van der Waals surface area contributed by atoms with Crippen molar-refractivity contribution in [3.05, 3.63) is 36.7 Å². The zero-order chi connectivity index (χ0) is 22.2. The minimum atomic E-state index is -0.953. The Hall–Kier alpha value is -2.85. The maximum Gasteiger partial charge on any atom is 0.185 e. The second-order valence-corrected chi connectivity index (χ2v) is 9.09. The van der Waals surface area contributed by atoms with Crippen LogP contribution < -0.4 is 10.2 Å². The lowest BCUT2D eigenvalue weighted by Crippen LogP contribution is -2.55. The molecule has 0 saturated carbocycles. The molecule has 4 atom stereocenters. The lowest BCUT2D eigenvalue weighted by atomic mass is 9.96. The Kier molecular flexibility index (Phi) is 5.64. The lowest BCUT2D eigenvalue weighted by molar-refractivity contribution is 0.176. The van der Waals surface area contributed by atoms with E-state index < -0.39 is 6.17 Å². The fraction of sp³-hybridized carbons (Fsp3) is 0.409. The molecular weight excluding hydrogens is 429 g/mol. The van der Waals surface area contributed by atoms with Gasteiger partial charge in [-0.05, 0) is 49.3 Å². The summed E-state index contributed by atoms with van der Waals surface area (Å²) < 4.78 is 14.9. The molecule has 2 aromatic heterocycles. The van der Waals surface area contributed by atoms with Crippen molar-refractivity contribution in [1.29, 1.82) is 0 Å². The molecule has 2 aliphatic heterocycles. The van der Waals surface area contributed by atoms with Gasteiger partial charge in [0.1, 0.15) is 16.9 Å². The second-order valence-electron chi connectivity index (χ2n) is 8.26. The highest BCUT2D eigenvalue weighted by molar-refractivity contribution is 7.98. The first-order chi connectivity index (χ1) is 15.5. The number of hydrogen-bond donors (Lipinski definition) is 2. The molecule has 0 aliphatic carbocycles. The van der Waals surface area contributed by atoms with Crippen LogP contribution in [0, 0.1) is 0 Å². The van der Waals surface area contributed by atoms with Crippen LogP contribution in [0.15, 0.2) is 41.7 Å². The molecule has 2 fully saturated rings. The third-order valence-electron chi connectivity index (χ3n) is 6.38. The number of anilines is 1. The SMILES string of the molecule is CSc1cc(-c2ccc(-c3ncc(N(C)[C@@H]4C[C@@H]5CC[C@@H](N5)[C@@H]4F)nn3)c(O)c2)cnn1. The number of aromatic nitrogens is 5. The van der Waals surface area contributed by atoms with Gasteiger partial charge in [0.2, 0.25) is 0 Å². The van der Waals surface area contributed by atoms with Crippen LogP contribution in [0.3, 0.4) is 0 Å². The first-order valence-corrected chi connectivity index (χ1v) is 11.8. The molecule has 8 nitrogen and oxygen atoms in total. The topological polar surface area (TPSA) is 100.0 Å². The van der Waals surface area contributed by atoms with Crippen molar-refractivity contribution in [2.75, 3.05) is 18.2 Å². The molecule has 5 rings (SSSR count). The van der Waals surface area contributed by atoms with E-state index in [2.05, 4.69) is 30.7 Å². The first-order valence-electron chi connectivity index (χ1n) is 10.6. The molecule has 0 amide bonds. The van der Waals surface area contributed by atoms with Crippen molar-refractivity contribution >= 4 is 17.6 Å². The van der Waals surface area contributed by atoms with Crippen LogP contribution in [0.2, 0.25) is 0 Å². The van der Waals surface area contributed by atoms with E-state index in [4.69, 9.17) is 0 Å². The summed E-state index contributed by atoms with van der Waals surface area (Å²) in [6, 6.07) is 7.23. The Morgan fingerprint density at radius 1 is 1.12 bits per heavy atom. The number of hydrogen-bond acceptors (Lipinski definition) is 9. The third-order valence-corrected chi connectivity index (χ3v) is 6.99. The van der Waals surface area contributed by atoms with Gasteiger partial charge in [0, 0.05) is 24.7 Å². The monoisotopic (exact) mass is 453 g/mol. The zero-order valence-electron chi connectivity index (χ0n) is 17.8. The third kappa shape index (κ3) is 3.88. The van der Waals surface area contributed by atoms with Gasteiger partial charge in [-0.3, -0.25) is 0 Å². The van der Waals surface area contributed by atoms with E-state index in [1.807, 2.05) is 30.3 Å². The Bertz CT molecular complexity index is 1120. The van der Waals surface area contributed by atoms with Crippen LogP contribution in [-0.4, -0.2) is 68.1 Å². The average Bonchev–Trinajstić information content (AvgIpc) is 3.24. The van der Waals surface area contributed by atoms with Crippen LogP contribution in [0.4, 0.5) is 10.2 Å². The molecule has 2 aliphatic rings. The molecule has 10 heteroatoms. The maximum absolute atomic E-state index is 14.9. The van der Waals surface area contributed by atoms with Gasteiger partial charge in [-0.2, -0.15) is 5.10 Å². The number of fused-ring (bicyclic) bond motifs is 2. The molecule has 4 heterocycles. The Labute approximate surface area is 189 Å². The number of phenols is 1. The molecule has 32 heavy (non-hydrogen) atoms. The van der Waals surface area contributed by atoms with Crippen LogP contribution >= 0.6 is 11.8 Å². The maximum atomic E-state index is 14.9. The molecular formula is C22H24FN7OS. The summed E-state index contributed by atoms with van der Waals surface area (Å²) in [6.45, 7) is 0. The van der Waals surface area contributed by atoms with Crippen molar-refractivity contribution in [2.45, 2.75) is 48.6 Å². The normalized spacial score (nSPS) is 24.5. The number of rotatable bonds is 5. The number of nitrogens with zero attached hydrogens (tertiary/aromatic N) is 6. The van der Waals surface area contributed by atoms with Crippen molar-refractivity contribution in [2.24, 2.45) is 0 Å². The van der Waals surface area contributed by atoms with E-state index in [1.54, 1.807) is 24.5 Å². The number of piperidine rings is 1. The van der Waals surface area contributed by atoms with E-state index in [0.29, 0.717) is 23.2 Å². The van der Waals surface area contributed by atoms with E-state index in [9.17, 15) is 9.50 Å². The highest BCUT2D eigenvalue weighted by Gasteiger charge is 2.43. The highest BCUT2D eigenvalue weighted by atomic mass is 32.2. The molecule has 3 aromatic rings. The Balaban J connectivity index is 1.35. The van der Waals surface area contributed by atoms with E-state index in [-0.39, 0.29) is 17.8 Å². The number of alkyl halides is 1. The van der Waals surface area contributed by atoms with Gasteiger partial charge >= 0.3 is 0 Å². The summed E-state index contributed by atoms with van der Waals surface area (Å²) in [4.78, 5) is 6.23. The fourth-order valence-electron chi connectivity index (χ4n) is 4.58. The van der Waals surface area contributed by atoms with Crippen molar-refractivity contribution in [1.82, 2.24) is 30.7 Å². The summed E-state index contributed by atoms with van der Waals surface area (Å²) in [5, 5.41) is 31.3. The minimum absolute atomic E-state index is 0.0478. The van der Waals surface area contributed by atoms with E-state index >= 15 is 0 Å². The largest absolute Gasteiger partial charge is 0.507 e. The molecule has 2 bridgehead atoms. The number of thioether (sulfide) groups is 1.